The van der Waals surface area contributed by atoms with Crippen LogP contribution in [0.15, 0.2) is 18.2 Å². The summed E-state index contributed by atoms with van der Waals surface area (Å²) in [5.74, 6) is -0.449. The van der Waals surface area contributed by atoms with Crippen molar-refractivity contribution in [3.05, 3.63) is 33.9 Å². The van der Waals surface area contributed by atoms with E-state index >= 15 is 0 Å². The monoisotopic (exact) mass is 282 g/mol. The van der Waals surface area contributed by atoms with Crippen LogP contribution in [0.25, 0.3) is 0 Å². The summed E-state index contributed by atoms with van der Waals surface area (Å²) < 4.78 is 10.3. The van der Waals surface area contributed by atoms with Gasteiger partial charge in [-0.15, -0.1) is 0 Å². The van der Waals surface area contributed by atoms with Crippen LogP contribution in [0, 0.1) is 10.1 Å². The van der Waals surface area contributed by atoms with E-state index in [0.717, 1.165) is 0 Å². The van der Waals surface area contributed by atoms with E-state index in [1.54, 1.807) is 0 Å². The Bertz CT molecular complexity index is 502. The minimum atomic E-state index is -0.594. The van der Waals surface area contributed by atoms with E-state index in [-0.39, 0.29) is 23.2 Å². The van der Waals surface area contributed by atoms with Gasteiger partial charge in [-0.2, -0.15) is 0 Å². The quantitative estimate of drug-likeness (QED) is 0.344. The van der Waals surface area contributed by atoms with Gasteiger partial charge in [-0.3, -0.25) is 15.0 Å². The number of non-ortho nitro benzene ring substituents is 1. The van der Waals surface area contributed by atoms with Crippen LogP contribution < -0.4 is 4.74 Å². The number of hydrogen-bond donors (Lipinski definition) is 0. The molecule has 0 fully saturated rings. The highest BCUT2D eigenvalue weighted by Gasteiger charge is 2.21. The second kappa shape index (κ2) is 6.85. The molecule has 1 aromatic carbocycles. The fourth-order valence-electron chi connectivity index (χ4n) is 1.70. The van der Waals surface area contributed by atoms with Crippen LogP contribution in [0.3, 0.4) is 0 Å². The van der Waals surface area contributed by atoms with E-state index in [0.29, 0.717) is 6.42 Å². The number of nitro groups is 1. The molecule has 0 radical (unpaired) electrons. The summed E-state index contributed by atoms with van der Waals surface area (Å²) in [5, 5.41) is 10.8. The molecule has 0 spiro atoms. The SMILES string of the molecule is CCC(Oc1cc([N+](=O)[O-])ccc1C(=O)OC)N(C)C. The van der Waals surface area contributed by atoms with Crippen LogP contribution in [-0.2, 0) is 4.74 Å². The zero-order valence-corrected chi connectivity index (χ0v) is 12.0. The minimum Gasteiger partial charge on any atom is -0.474 e. The van der Waals surface area contributed by atoms with E-state index < -0.39 is 10.9 Å². The molecule has 0 aliphatic rings. The van der Waals surface area contributed by atoms with Crippen LogP contribution in [0.4, 0.5) is 5.69 Å². The Labute approximate surface area is 117 Å². The number of nitro benzene ring substituents is 1. The summed E-state index contributed by atoms with van der Waals surface area (Å²) in [5.41, 5.74) is 0.0275. The Morgan fingerprint density at radius 2 is 2.10 bits per heavy atom. The van der Waals surface area contributed by atoms with Crippen molar-refractivity contribution >= 4 is 11.7 Å². The van der Waals surface area contributed by atoms with Crippen molar-refractivity contribution in [1.82, 2.24) is 4.90 Å². The van der Waals surface area contributed by atoms with E-state index in [9.17, 15) is 14.9 Å². The first kappa shape index (κ1) is 15.9. The molecular formula is C13H18N2O5. The maximum atomic E-state index is 11.7. The summed E-state index contributed by atoms with van der Waals surface area (Å²) in [7, 11) is 4.89. The molecule has 0 N–H and O–H groups in total. The fourth-order valence-corrected chi connectivity index (χ4v) is 1.70. The first-order valence-electron chi connectivity index (χ1n) is 6.10. The van der Waals surface area contributed by atoms with Gasteiger partial charge in [-0.1, -0.05) is 6.92 Å². The van der Waals surface area contributed by atoms with Crippen molar-refractivity contribution in [2.75, 3.05) is 21.2 Å². The third kappa shape index (κ3) is 3.67. The van der Waals surface area contributed by atoms with Crippen LogP contribution in [-0.4, -0.2) is 43.2 Å². The number of ether oxygens (including phenoxy) is 2. The third-order valence-electron chi connectivity index (χ3n) is 2.77. The van der Waals surface area contributed by atoms with Gasteiger partial charge in [-0.25, -0.2) is 4.79 Å². The number of esters is 1. The Morgan fingerprint density at radius 3 is 2.55 bits per heavy atom. The molecule has 0 aromatic heterocycles. The van der Waals surface area contributed by atoms with Gasteiger partial charge in [0.2, 0.25) is 0 Å². The van der Waals surface area contributed by atoms with E-state index in [1.165, 1.54) is 25.3 Å². The molecule has 1 atom stereocenters. The second-order valence-electron chi connectivity index (χ2n) is 4.37. The van der Waals surface area contributed by atoms with Crippen LogP contribution in [0.5, 0.6) is 5.75 Å². The number of methoxy groups -OCH3 is 1. The maximum absolute atomic E-state index is 11.7. The van der Waals surface area contributed by atoms with Crippen molar-refractivity contribution in [1.29, 1.82) is 0 Å². The van der Waals surface area contributed by atoms with Gasteiger partial charge in [-0.05, 0) is 26.6 Å². The highest BCUT2D eigenvalue weighted by molar-refractivity contribution is 5.92. The maximum Gasteiger partial charge on any atom is 0.341 e. The summed E-state index contributed by atoms with van der Waals surface area (Å²) in [6.07, 6.45) is 0.372. The average Bonchev–Trinajstić information content (AvgIpc) is 2.43. The first-order chi connectivity index (χ1) is 9.40. The standard InChI is InChI=1S/C13H18N2O5/c1-5-12(14(2)3)20-11-8-9(15(17)18)6-7-10(11)13(16)19-4/h6-8,12H,5H2,1-4H3. The van der Waals surface area contributed by atoms with Crippen LogP contribution in [0.2, 0.25) is 0 Å². The van der Waals surface area contributed by atoms with Gasteiger partial charge < -0.3 is 9.47 Å². The third-order valence-corrected chi connectivity index (χ3v) is 2.77. The molecule has 0 amide bonds. The average molecular weight is 282 g/mol. The molecular weight excluding hydrogens is 264 g/mol. The van der Waals surface area contributed by atoms with Crippen LogP contribution >= 0.6 is 0 Å². The first-order valence-corrected chi connectivity index (χ1v) is 6.10. The highest BCUT2D eigenvalue weighted by atomic mass is 16.6. The van der Waals surface area contributed by atoms with Crippen molar-refractivity contribution in [3.63, 3.8) is 0 Å². The van der Waals surface area contributed by atoms with Gasteiger partial charge in [0.15, 0.2) is 6.23 Å². The molecule has 0 saturated carbocycles. The zero-order chi connectivity index (χ0) is 15.3. The molecule has 20 heavy (non-hydrogen) atoms. The topological polar surface area (TPSA) is 81.9 Å². The lowest BCUT2D eigenvalue weighted by Gasteiger charge is -2.24. The molecule has 0 aliphatic carbocycles. The molecule has 1 aromatic rings. The molecule has 110 valence electrons. The van der Waals surface area contributed by atoms with Crippen molar-refractivity contribution in [3.8, 4) is 5.75 Å². The van der Waals surface area contributed by atoms with Gasteiger partial charge in [0.05, 0.1) is 18.1 Å². The lowest BCUT2D eigenvalue weighted by atomic mass is 10.2. The van der Waals surface area contributed by atoms with Crippen molar-refractivity contribution in [2.45, 2.75) is 19.6 Å². The zero-order valence-electron chi connectivity index (χ0n) is 12.0. The Morgan fingerprint density at radius 1 is 1.45 bits per heavy atom. The molecule has 7 heteroatoms. The smallest absolute Gasteiger partial charge is 0.341 e. The van der Waals surface area contributed by atoms with Crippen molar-refractivity contribution < 1.29 is 19.2 Å². The number of carbonyl (C=O) groups is 1. The van der Waals surface area contributed by atoms with Gasteiger partial charge in [0.1, 0.15) is 11.3 Å². The molecule has 1 rings (SSSR count). The molecule has 0 heterocycles. The number of benzene rings is 1. The highest BCUT2D eigenvalue weighted by Crippen LogP contribution is 2.27. The number of hydrogen-bond acceptors (Lipinski definition) is 6. The Balaban J connectivity index is 3.20. The molecule has 0 saturated heterocycles. The number of nitrogens with zero attached hydrogens (tertiary/aromatic N) is 2. The Kier molecular flexibility index (Phi) is 5.45. The van der Waals surface area contributed by atoms with Gasteiger partial charge in [0, 0.05) is 6.07 Å². The summed E-state index contributed by atoms with van der Waals surface area (Å²) in [6.45, 7) is 1.92. The number of carbonyl (C=O) groups excluding carboxylic acids is 1. The summed E-state index contributed by atoms with van der Waals surface area (Å²) >= 11 is 0. The minimum absolute atomic E-state index is 0.138. The lowest BCUT2D eigenvalue weighted by Crippen LogP contribution is -2.33. The summed E-state index contributed by atoms with van der Waals surface area (Å²) in [4.78, 5) is 23.8. The Hall–Kier alpha value is -2.15. The summed E-state index contributed by atoms with van der Waals surface area (Å²) in [6, 6.07) is 3.82. The van der Waals surface area contributed by atoms with E-state index in [1.807, 2.05) is 25.9 Å². The predicted molar refractivity (Wildman–Crippen MR) is 72.8 cm³/mol. The molecule has 0 bridgehead atoms. The van der Waals surface area contributed by atoms with Crippen LogP contribution in [0.1, 0.15) is 23.7 Å². The van der Waals surface area contributed by atoms with E-state index in [4.69, 9.17) is 4.74 Å². The molecule has 7 nitrogen and oxygen atoms in total. The lowest BCUT2D eigenvalue weighted by molar-refractivity contribution is -0.385. The second-order valence-corrected chi connectivity index (χ2v) is 4.37. The largest absolute Gasteiger partial charge is 0.474 e. The fraction of sp³-hybridized carbons (Fsp3) is 0.462. The van der Waals surface area contributed by atoms with Crippen molar-refractivity contribution in [2.24, 2.45) is 0 Å². The molecule has 0 aliphatic heterocycles. The molecule has 1 unspecified atom stereocenters. The predicted octanol–water partition coefficient (Wildman–Crippen LogP) is 2.06. The van der Waals surface area contributed by atoms with E-state index in [2.05, 4.69) is 4.74 Å². The normalized spacial score (nSPS) is 12.1. The van der Waals surface area contributed by atoms with Gasteiger partial charge >= 0.3 is 5.97 Å². The number of rotatable bonds is 6. The van der Waals surface area contributed by atoms with Gasteiger partial charge in [0.25, 0.3) is 5.69 Å².